The molecule has 0 aliphatic heterocycles. The summed E-state index contributed by atoms with van der Waals surface area (Å²) in [4.78, 5) is 2.58. The second kappa shape index (κ2) is 4.69. The molecular formula is C14H8N2S2Se. The van der Waals surface area contributed by atoms with Crippen molar-refractivity contribution in [3.63, 3.8) is 0 Å². The van der Waals surface area contributed by atoms with Gasteiger partial charge in [-0.05, 0) is 0 Å². The summed E-state index contributed by atoms with van der Waals surface area (Å²) in [6.45, 7) is 0. The van der Waals surface area contributed by atoms with Gasteiger partial charge < -0.3 is 0 Å². The molecule has 4 aromatic rings. The fourth-order valence-electron chi connectivity index (χ4n) is 2.12. The third-order valence-electron chi connectivity index (χ3n) is 2.98. The summed E-state index contributed by atoms with van der Waals surface area (Å²) in [5.41, 5.74) is 3.59. The third-order valence-corrected chi connectivity index (χ3v) is 6.38. The van der Waals surface area contributed by atoms with Gasteiger partial charge in [-0.25, -0.2) is 0 Å². The number of nitrogens with zero attached hydrogens (tertiary/aromatic N) is 2. The van der Waals surface area contributed by atoms with E-state index in [4.69, 9.17) is 0 Å². The number of aromatic nitrogens is 2. The summed E-state index contributed by atoms with van der Waals surface area (Å²) in [6.07, 6.45) is 0. The van der Waals surface area contributed by atoms with E-state index in [0.717, 1.165) is 5.52 Å². The summed E-state index contributed by atoms with van der Waals surface area (Å²) in [7, 11) is 0. The third kappa shape index (κ3) is 1.90. The predicted octanol–water partition coefficient (Wildman–Crippen LogP) is 4.14. The summed E-state index contributed by atoms with van der Waals surface area (Å²) < 4.78 is 5.61. The summed E-state index contributed by atoms with van der Waals surface area (Å²) in [6, 6.07) is 12.9. The van der Waals surface area contributed by atoms with Crippen molar-refractivity contribution in [3.05, 3.63) is 47.2 Å². The van der Waals surface area contributed by atoms with Crippen molar-refractivity contribution < 1.29 is 0 Å². The molecule has 0 saturated carbocycles. The van der Waals surface area contributed by atoms with Crippen LogP contribution in [-0.2, 0) is 0 Å². The van der Waals surface area contributed by atoms with E-state index in [2.05, 4.69) is 56.4 Å². The fourth-order valence-corrected chi connectivity index (χ4v) is 5.28. The van der Waals surface area contributed by atoms with Gasteiger partial charge in [-0.3, -0.25) is 0 Å². The van der Waals surface area contributed by atoms with Gasteiger partial charge >= 0.3 is 124 Å². The van der Waals surface area contributed by atoms with E-state index in [1.165, 1.54) is 25.1 Å². The van der Waals surface area contributed by atoms with E-state index < -0.39 is 0 Å². The molecule has 0 unspecified atom stereocenters. The molecule has 0 aliphatic rings. The quantitative estimate of drug-likeness (QED) is 0.509. The van der Waals surface area contributed by atoms with E-state index in [1.54, 1.807) is 22.7 Å². The summed E-state index contributed by atoms with van der Waals surface area (Å²) >= 11 is 3.64. The molecule has 0 radical (unpaired) electrons. The maximum absolute atomic E-state index is 4.39. The van der Waals surface area contributed by atoms with Gasteiger partial charge in [0.2, 0.25) is 0 Å². The van der Waals surface area contributed by atoms with Gasteiger partial charge in [-0.15, -0.1) is 0 Å². The minimum atomic E-state index is 0.113. The van der Waals surface area contributed by atoms with E-state index in [9.17, 15) is 0 Å². The van der Waals surface area contributed by atoms with Crippen LogP contribution >= 0.6 is 22.7 Å². The molecule has 0 saturated heterocycles. The Bertz CT molecular complexity index is 748. The van der Waals surface area contributed by atoms with E-state index >= 15 is 0 Å². The molecule has 19 heavy (non-hydrogen) atoms. The number of rotatable bonds is 2. The normalized spacial score (nSPS) is 11.2. The maximum atomic E-state index is 4.39. The number of fused-ring (bicyclic) bond motifs is 1. The van der Waals surface area contributed by atoms with Gasteiger partial charge in [-0.2, -0.15) is 0 Å². The first-order chi connectivity index (χ1) is 9.43. The van der Waals surface area contributed by atoms with Crippen LogP contribution in [0, 0.1) is 0 Å². The minimum absolute atomic E-state index is 0.113. The first-order valence-electron chi connectivity index (χ1n) is 5.76. The molecule has 0 spiro atoms. The monoisotopic (exact) mass is 348 g/mol. The zero-order valence-electron chi connectivity index (χ0n) is 9.74. The number of hydrogen-bond acceptors (Lipinski definition) is 4. The van der Waals surface area contributed by atoms with Crippen molar-refractivity contribution >= 4 is 47.2 Å². The number of hydrogen-bond donors (Lipinski definition) is 0. The molecule has 5 heteroatoms. The van der Waals surface area contributed by atoms with Gasteiger partial charge in [0.25, 0.3) is 0 Å². The second-order valence-corrected chi connectivity index (χ2v) is 7.54. The van der Waals surface area contributed by atoms with Crippen LogP contribution in [0.4, 0.5) is 0 Å². The average molecular weight is 347 g/mol. The molecular weight excluding hydrogens is 339 g/mol. The Balaban J connectivity index is 2.01. The molecule has 0 N–H and O–H groups in total. The van der Waals surface area contributed by atoms with E-state index in [-0.39, 0.29) is 14.7 Å². The van der Waals surface area contributed by atoms with Crippen LogP contribution in [0.1, 0.15) is 0 Å². The molecule has 3 aromatic heterocycles. The van der Waals surface area contributed by atoms with Crippen LogP contribution in [0.5, 0.6) is 0 Å². The molecule has 4 rings (SSSR count). The molecule has 0 atom stereocenters. The van der Waals surface area contributed by atoms with Crippen LogP contribution in [0.3, 0.4) is 0 Å². The topological polar surface area (TPSA) is 25.8 Å². The SMILES string of the molecule is c1csc(-c2ccc(-c3cccs3)c3[se]nnc23)c1. The fraction of sp³-hybridized carbons (Fsp3) is 0. The van der Waals surface area contributed by atoms with Gasteiger partial charge in [0.15, 0.2) is 0 Å². The van der Waals surface area contributed by atoms with Gasteiger partial charge in [0.05, 0.1) is 0 Å². The van der Waals surface area contributed by atoms with Crippen LogP contribution in [0.15, 0.2) is 47.2 Å². The molecule has 3 heterocycles. The molecule has 1 aromatic carbocycles. The molecule has 0 amide bonds. The number of thiophene rings is 2. The Kier molecular flexibility index (Phi) is 2.85. The predicted molar refractivity (Wildman–Crippen MR) is 83.1 cm³/mol. The Morgan fingerprint density at radius 1 is 0.842 bits per heavy atom. The van der Waals surface area contributed by atoms with Crippen LogP contribution < -0.4 is 0 Å². The molecule has 0 bridgehead atoms. The second-order valence-electron chi connectivity index (χ2n) is 4.07. The van der Waals surface area contributed by atoms with Gasteiger partial charge in [-0.1, -0.05) is 0 Å². The first-order valence-corrected chi connectivity index (χ1v) is 9.14. The van der Waals surface area contributed by atoms with Gasteiger partial charge in [0.1, 0.15) is 0 Å². The van der Waals surface area contributed by atoms with Crippen molar-refractivity contribution in [1.29, 1.82) is 0 Å². The van der Waals surface area contributed by atoms with Crippen LogP contribution in [0.2, 0.25) is 0 Å². The van der Waals surface area contributed by atoms with Gasteiger partial charge in [0, 0.05) is 0 Å². The Morgan fingerprint density at radius 3 is 2.21 bits per heavy atom. The molecule has 92 valence electrons. The molecule has 2 nitrogen and oxygen atoms in total. The van der Waals surface area contributed by atoms with Crippen molar-refractivity contribution in [2.45, 2.75) is 0 Å². The first kappa shape index (κ1) is 11.6. The average Bonchev–Trinajstić information content (AvgIpc) is 3.19. The molecule has 0 aliphatic carbocycles. The van der Waals surface area contributed by atoms with Crippen LogP contribution in [-0.4, -0.2) is 23.9 Å². The number of benzene rings is 1. The summed E-state index contributed by atoms with van der Waals surface area (Å²) in [5, 5.41) is 8.61. The Labute approximate surface area is 124 Å². The summed E-state index contributed by atoms with van der Waals surface area (Å²) in [5.74, 6) is 0. The van der Waals surface area contributed by atoms with Crippen molar-refractivity contribution in [1.82, 2.24) is 9.19 Å². The zero-order valence-corrected chi connectivity index (χ0v) is 13.1. The van der Waals surface area contributed by atoms with E-state index in [1.807, 2.05) is 0 Å². The zero-order chi connectivity index (χ0) is 12.7. The van der Waals surface area contributed by atoms with Crippen molar-refractivity contribution in [2.24, 2.45) is 0 Å². The van der Waals surface area contributed by atoms with E-state index in [0.29, 0.717) is 0 Å². The molecule has 0 fully saturated rings. The Hall–Kier alpha value is -1.26. The van der Waals surface area contributed by atoms with Crippen molar-refractivity contribution in [2.75, 3.05) is 0 Å². The van der Waals surface area contributed by atoms with Crippen molar-refractivity contribution in [3.8, 4) is 20.9 Å². The Morgan fingerprint density at radius 2 is 1.53 bits per heavy atom. The standard InChI is InChI=1S/C14H8N2S2Se/c1-3-11(17-7-1)9-5-6-10(12-4-2-8-18-12)14-13(9)15-16-19-14/h1-8H. The van der Waals surface area contributed by atoms with Crippen LogP contribution in [0.25, 0.3) is 30.7 Å².